The van der Waals surface area contributed by atoms with E-state index in [0.717, 1.165) is 80.4 Å². The van der Waals surface area contributed by atoms with E-state index < -0.39 is 0 Å². The molecule has 0 aliphatic carbocycles. The van der Waals surface area contributed by atoms with Gasteiger partial charge in [-0.05, 0) is 48.7 Å². The zero-order chi connectivity index (χ0) is 23.4. The van der Waals surface area contributed by atoms with Crippen molar-refractivity contribution in [2.75, 3.05) is 39.5 Å². The number of nitrogens with zero attached hydrogens (tertiary/aromatic N) is 2. The van der Waals surface area contributed by atoms with Gasteiger partial charge < -0.3 is 14.8 Å². The Morgan fingerprint density at radius 3 is 2.44 bits per heavy atom. The molecule has 6 nitrogen and oxygen atoms in total. The number of rotatable bonds is 11. The van der Waals surface area contributed by atoms with Crippen LogP contribution in [0.25, 0.3) is 11.1 Å². The standard InChI is InChI=1S/C28H33N3O3/c32-28(30-21-23-6-2-1-3-7-23)20-26-11-8-25(22-29-26)24-9-12-27(13-10-24)34-17-5-4-14-31-15-18-33-19-16-31/h1-3,6-13,22H,4-5,14-21H2,(H,30,32). The predicted octanol–water partition coefficient (Wildman–Crippen LogP) is 4.10. The van der Waals surface area contributed by atoms with Crippen LogP contribution < -0.4 is 10.1 Å². The highest BCUT2D eigenvalue weighted by Crippen LogP contribution is 2.22. The van der Waals surface area contributed by atoms with Crippen molar-refractivity contribution in [1.29, 1.82) is 0 Å². The molecule has 0 atom stereocenters. The van der Waals surface area contributed by atoms with Crippen LogP contribution in [0.5, 0.6) is 5.75 Å². The molecule has 1 N–H and O–H groups in total. The number of morpholine rings is 1. The second-order valence-electron chi connectivity index (χ2n) is 8.51. The van der Waals surface area contributed by atoms with Gasteiger partial charge >= 0.3 is 0 Å². The summed E-state index contributed by atoms with van der Waals surface area (Å²) in [6.45, 7) is 6.16. The van der Waals surface area contributed by atoms with E-state index in [2.05, 4.69) is 15.2 Å². The quantitative estimate of drug-likeness (QED) is 0.438. The highest BCUT2D eigenvalue weighted by atomic mass is 16.5. The van der Waals surface area contributed by atoms with Crippen molar-refractivity contribution in [3.63, 3.8) is 0 Å². The van der Waals surface area contributed by atoms with Crippen LogP contribution in [0.3, 0.4) is 0 Å². The van der Waals surface area contributed by atoms with Crippen LogP contribution in [-0.4, -0.2) is 55.2 Å². The molecule has 1 fully saturated rings. The number of amides is 1. The Kier molecular flexibility index (Phi) is 9.05. The first-order chi connectivity index (χ1) is 16.8. The minimum Gasteiger partial charge on any atom is -0.494 e. The summed E-state index contributed by atoms with van der Waals surface area (Å²) >= 11 is 0. The second kappa shape index (κ2) is 12.9. The van der Waals surface area contributed by atoms with E-state index in [4.69, 9.17) is 9.47 Å². The van der Waals surface area contributed by atoms with Crippen molar-refractivity contribution in [1.82, 2.24) is 15.2 Å². The molecule has 3 aromatic rings. The zero-order valence-electron chi connectivity index (χ0n) is 19.6. The van der Waals surface area contributed by atoms with Crippen LogP contribution in [0, 0.1) is 0 Å². The van der Waals surface area contributed by atoms with Gasteiger partial charge in [-0.3, -0.25) is 14.7 Å². The average Bonchev–Trinajstić information content (AvgIpc) is 2.89. The van der Waals surface area contributed by atoms with Crippen molar-refractivity contribution < 1.29 is 14.3 Å². The molecule has 1 aromatic heterocycles. The molecule has 0 unspecified atom stereocenters. The third kappa shape index (κ3) is 7.68. The summed E-state index contributed by atoms with van der Waals surface area (Å²) in [6, 6.07) is 21.9. The van der Waals surface area contributed by atoms with Crippen molar-refractivity contribution >= 4 is 5.91 Å². The molecular formula is C28H33N3O3. The fourth-order valence-corrected chi connectivity index (χ4v) is 3.92. The maximum Gasteiger partial charge on any atom is 0.226 e. The van der Waals surface area contributed by atoms with Gasteiger partial charge in [-0.1, -0.05) is 48.5 Å². The maximum absolute atomic E-state index is 12.2. The topological polar surface area (TPSA) is 63.7 Å². The highest BCUT2D eigenvalue weighted by Gasteiger charge is 2.09. The fraction of sp³-hybridized carbons (Fsp3) is 0.357. The summed E-state index contributed by atoms with van der Waals surface area (Å²) < 4.78 is 11.3. The number of carbonyl (C=O) groups is 1. The molecular weight excluding hydrogens is 426 g/mol. The SMILES string of the molecule is O=C(Cc1ccc(-c2ccc(OCCCCN3CCOCC3)cc2)cn1)NCc1ccccc1. The molecule has 0 saturated carbocycles. The van der Waals surface area contributed by atoms with Crippen LogP contribution >= 0.6 is 0 Å². The summed E-state index contributed by atoms with van der Waals surface area (Å²) in [5, 5.41) is 2.94. The molecule has 0 spiro atoms. The van der Waals surface area contributed by atoms with Crippen LogP contribution in [-0.2, 0) is 22.5 Å². The lowest BCUT2D eigenvalue weighted by Gasteiger charge is -2.26. The van der Waals surface area contributed by atoms with E-state index in [1.165, 1.54) is 0 Å². The molecule has 6 heteroatoms. The van der Waals surface area contributed by atoms with E-state index in [0.29, 0.717) is 6.54 Å². The van der Waals surface area contributed by atoms with Crippen molar-refractivity contribution in [3.8, 4) is 16.9 Å². The number of ether oxygens (including phenoxy) is 2. The van der Waals surface area contributed by atoms with Gasteiger partial charge in [0.15, 0.2) is 0 Å². The van der Waals surface area contributed by atoms with Crippen LogP contribution in [0.2, 0.25) is 0 Å². The first kappa shape index (κ1) is 23.9. The van der Waals surface area contributed by atoms with Gasteiger partial charge in [0.2, 0.25) is 5.91 Å². The normalized spacial score (nSPS) is 14.0. The number of pyridine rings is 1. The van der Waals surface area contributed by atoms with E-state index in [1.807, 2.05) is 72.9 Å². The number of benzene rings is 2. The summed E-state index contributed by atoms with van der Waals surface area (Å²) in [5.41, 5.74) is 3.93. The number of nitrogens with one attached hydrogen (secondary N) is 1. The minimum atomic E-state index is -0.0319. The van der Waals surface area contributed by atoms with Crippen LogP contribution in [0.4, 0.5) is 0 Å². The van der Waals surface area contributed by atoms with Crippen molar-refractivity contribution in [2.45, 2.75) is 25.8 Å². The molecule has 0 radical (unpaired) electrons. The van der Waals surface area contributed by atoms with E-state index >= 15 is 0 Å². The third-order valence-corrected chi connectivity index (χ3v) is 5.93. The summed E-state index contributed by atoms with van der Waals surface area (Å²) in [4.78, 5) is 19.1. The number of aromatic nitrogens is 1. The van der Waals surface area contributed by atoms with Crippen LogP contribution in [0.15, 0.2) is 72.9 Å². The Morgan fingerprint density at radius 1 is 0.941 bits per heavy atom. The van der Waals surface area contributed by atoms with Gasteiger partial charge in [0.05, 0.1) is 26.2 Å². The van der Waals surface area contributed by atoms with E-state index in [1.54, 1.807) is 0 Å². The third-order valence-electron chi connectivity index (χ3n) is 5.93. The first-order valence-electron chi connectivity index (χ1n) is 12.1. The number of hydrogen-bond donors (Lipinski definition) is 1. The van der Waals surface area contributed by atoms with Gasteiger partial charge in [-0.25, -0.2) is 0 Å². The number of unbranched alkanes of at least 4 members (excludes halogenated alkanes) is 1. The molecule has 4 rings (SSSR count). The number of carbonyl (C=O) groups excluding carboxylic acids is 1. The first-order valence-corrected chi connectivity index (χ1v) is 12.1. The molecule has 0 bridgehead atoms. The monoisotopic (exact) mass is 459 g/mol. The van der Waals surface area contributed by atoms with Crippen molar-refractivity contribution in [2.24, 2.45) is 0 Å². The molecule has 1 aliphatic heterocycles. The van der Waals surface area contributed by atoms with Gasteiger partial charge in [0.1, 0.15) is 5.75 Å². The fourth-order valence-electron chi connectivity index (χ4n) is 3.92. The molecule has 1 saturated heterocycles. The largest absolute Gasteiger partial charge is 0.494 e. The van der Waals surface area contributed by atoms with Crippen molar-refractivity contribution in [3.05, 3.63) is 84.2 Å². The number of hydrogen-bond acceptors (Lipinski definition) is 5. The maximum atomic E-state index is 12.2. The lowest BCUT2D eigenvalue weighted by Crippen LogP contribution is -2.36. The second-order valence-corrected chi connectivity index (χ2v) is 8.51. The Bertz CT molecular complexity index is 1000. The summed E-state index contributed by atoms with van der Waals surface area (Å²) in [7, 11) is 0. The van der Waals surface area contributed by atoms with Gasteiger partial charge in [0.25, 0.3) is 0 Å². The molecule has 2 heterocycles. The molecule has 178 valence electrons. The summed E-state index contributed by atoms with van der Waals surface area (Å²) in [5.74, 6) is 0.852. The van der Waals surface area contributed by atoms with Gasteiger partial charge in [0, 0.05) is 37.1 Å². The smallest absolute Gasteiger partial charge is 0.226 e. The van der Waals surface area contributed by atoms with E-state index in [9.17, 15) is 4.79 Å². The lowest BCUT2D eigenvalue weighted by atomic mass is 10.1. The predicted molar refractivity (Wildman–Crippen MR) is 134 cm³/mol. The summed E-state index contributed by atoms with van der Waals surface area (Å²) in [6.07, 6.45) is 4.27. The Labute approximate surface area is 201 Å². The zero-order valence-corrected chi connectivity index (χ0v) is 19.6. The Morgan fingerprint density at radius 2 is 1.71 bits per heavy atom. The van der Waals surface area contributed by atoms with Gasteiger partial charge in [-0.15, -0.1) is 0 Å². The Hall–Kier alpha value is -3.22. The molecule has 34 heavy (non-hydrogen) atoms. The average molecular weight is 460 g/mol. The van der Waals surface area contributed by atoms with Gasteiger partial charge in [-0.2, -0.15) is 0 Å². The van der Waals surface area contributed by atoms with E-state index in [-0.39, 0.29) is 12.3 Å². The molecule has 1 amide bonds. The Balaban J connectivity index is 1.17. The highest BCUT2D eigenvalue weighted by molar-refractivity contribution is 5.78. The molecule has 2 aromatic carbocycles. The molecule has 1 aliphatic rings. The van der Waals surface area contributed by atoms with Crippen LogP contribution in [0.1, 0.15) is 24.1 Å². The minimum absolute atomic E-state index is 0.0319. The lowest BCUT2D eigenvalue weighted by molar-refractivity contribution is -0.120.